The Hall–Kier alpha value is -1.40. The number of thiocarbonyl (C=S) groups is 1. The van der Waals surface area contributed by atoms with Crippen molar-refractivity contribution in [2.45, 2.75) is 13.5 Å². The fourth-order valence-electron chi connectivity index (χ4n) is 1.49. The van der Waals surface area contributed by atoms with E-state index < -0.39 is 0 Å². The van der Waals surface area contributed by atoms with Crippen LogP contribution < -0.4 is 11.1 Å². The lowest BCUT2D eigenvalue weighted by Gasteiger charge is -2.08. The molecule has 4 nitrogen and oxygen atoms in total. The van der Waals surface area contributed by atoms with E-state index in [1.165, 1.54) is 0 Å². The SMILES string of the molecule is Cc1cc(CNc2ccc(C(N)=S)cc2Br)on1. The Kier molecular flexibility index (Phi) is 3.98. The van der Waals surface area contributed by atoms with Gasteiger partial charge in [-0.15, -0.1) is 0 Å². The maximum Gasteiger partial charge on any atom is 0.156 e. The van der Waals surface area contributed by atoms with Crippen LogP contribution in [0.1, 0.15) is 17.0 Å². The summed E-state index contributed by atoms with van der Waals surface area (Å²) in [6.07, 6.45) is 0. The van der Waals surface area contributed by atoms with Crippen molar-refractivity contribution in [3.63, 3.8) is 0 Å². The first-order valence-electron chi connectivity index (χ1n) is 5.31. The fourth-order valence-corrected chi connectivity index (χ4v) is 2.14. The highest BCUT2D eigenvalue weighted by Gasteiger charge is 2.05. The molecule has 18 heavy (non-hydrogen) atoms. The van der Waals surface area contributed by atoms with Gasteiger partial charge in [0.25, 0.3) is 0 Å². The predicted molar refractivity (Wildman–Crippen MR) is 78.6 cm³/mol. The van der Waals surface area contributed by atoms with Crippen LogP contribution in [0, 0.1) is 6.92 Å². The quantitative estimate of drug-likeness (QED) is 0.846. The van der Waals surface area contributed by atoms with Gasteiger partial charge in [0, 0.05) is 21.8 Å². The molecule has 0 bridgehead atoms. The summed E-state index contributed by atoms with van der Waals surface area (Å²) in [6, 6.07) is 7.57. The van der Waals surface area contributed by atoms with E-state index in [0.29, 0.717) is 11.5 Å². The van der Waals surface area contributed by atoms with Crippen molar-refractivity contribution in [3.8, 4) is 0 Å². The molecule has 1 aromatic carbocycles. The Morgan fingerprint density at radius 2 is 2.28 bits per heavy atom. The third-order valence-corrected chi connectivity index (χ3v) is 3.28. The summed E-state index contributed by atoms with van der Waals surface area (Å²) in [5, 5.41) is 7.07. The number of nitrogens with two attached hydrogens (primary N) is 1. The van der Waals surface area contributed by atoms with Gasteiger partial charge in [-0.2, -0.15) is 0 Å². The highest BCUT2D eigenvalue weighted by molar-refractivity contribution is 9.10. The van der Waals surface area contributed by atoms with E-state index in [4.69, 9.17) is 22.5 Å². The third-order valence-electron chi connectivity index (χ3n) is 2.38. The summed E-state index contributed by atoms with van der Waals surface area (Å²) in [7, 11) is 0. The molecule has 6 heteroatoms. The molecule has 1 heterocycles. The first kappa shape index (κ1) is 13.0. The average molecular weight is 326 g/mol. The van der Waals surface area contributed by atoms with Crippen molar-refractivity contribution < 1.29 is 4.52 Å². The second kappa shape index (κ2) is 5.49. The molecule has 0 saturated carbocycles. The second-order valence-corrected chi connectivity index (χ2v) is 5.14. The van der Waals surface area contributed by atoms with Crippen molar-refractivity contribution in [1.29, 1.82) is 0 Å². The van der Waals surface area contributed by atoms with Crippen molar-refractivity contribution in [2.24, 2.45) is 5.73 Å². The highest BCUT2D eigenvalue weighted by atomic mass is 79.9. The van der Waals surface area contributed by atoms with E-state index in [9.17, 15) is 0 Å². The predicted octanol–water partition coefficient (Wildman–Crippen LogP) is 2.99. The lowest BCUT2D eigenvalue weighted by molar-refractivity contribution is 0.384. The number of hydrogen-bond donors (Lipinski definition) is 2. The van der Waals surface area contributed by atoms with E-state index >= 15 is 0 Å². The molecule has 2 rings (SSSR count). The van der Waals surface area contributed by atoms with Gasteiger partial charge in [-0.3, -0.25) is 0 Å². The standard InChI is InChI=1S/C12H12BrN3OS/c1-7-4-9(17-16-7)6-15-11-3-2-8(12(14)18)5-10(11)13/h2-5,15H,6H2,1H3,(H2,14,18). The molecule has 0 aliphatic carbocycles. The molecule has 94 valence electrons. The van der Waals surface area contributed by atoms with E-state index in [2.05, 4.69) is 26.4 Å². The molecule has 0 spiro atoms. The smallest absolute Gasteiger partial charge is 0.156 e. The molecule has 1 aromatic heterocycles. The largest absolute Gasteiger partial charge is 0.389 e. The summed E-state index contributed by atoms with van der Waals surface area (Å²) in [5.41, 5.74) is 8.22. The van der Waals surface area contributed by atoms with Crippen LogP contribution in [0.15, 0.2) is 33.3 Å². The molecule has 2 aromatic rings. The monoisotopic (exact) mass is 325 g/mol. The molecule has 0 saturated heterocycles. The number of rotatable bonds is 4. The number of aromatic nitrogens is 1. The van der Waals surface area contributed by atoms with Gasteiger partial charge in [0.2, 0.25) is 0 Å². The second-order valence-electron chi connectivity index (χ2n) is 3.85. The summed E-state index contributed by atoms with van der Waals surface area (Å²) >= 11 is 8.39. The first-order valence-corrected chi connectivity index (χ1v) is 6.52. The van der Waals surface area contributed by atoms with Gasteiger partial charge in [-0.1, -0.05) is 17.4 Å². The number of halogens is 1. The van der Waals surface area contributed by atoms with Crippen LogP contribution in [0.25, 0.3) is 0 Å². The van der Waals surface area contributed by atoms with Crippen LogP contribution in [0.4, 0.5) is 5.69 Å². The van der Waals surface area contributed by atoms with Crippen LogP contribution >= 0.6 is 28.1 Å². The summed E-state index contributed by atoms with van der Waals surface area (Å²) in [5.74, 6) is 0.790. The highest BCUT2D eigenvalue weighted by Crippen LogP contribution is 2.24. The number of aryl methyl sites for hydroxylation is 1. The zero-order valence-corrected chi connectivity index (χ0v) is 12.1. The summed E-state index contributed by atoms with van der Waals surface area (Å²) < 4.78 is 6.03. The van der Waals surface area contributed by atoms with Gasteiger partial charge < -0.3 is 15.6 Å². The van der Waals surface area contributed by atoms with Gasteiger partial charge in [-0.05, 0) is 41.1 Å². The van der Waals surface area contributed by atoms with Crippen LogP contribution in [0.3, 0.4) is 0 Å². The normalized spacial score (nSPS) is 10.3. The van der Waals surface area contributed by atoms with Crippen LogP contribution in [-0.4, -0.2) is 10.1 Å². The maximum atomic E-state index is 5.57. The third kappa shape index (κ3) is 3.08. The molecular formula is C12H12BrN3OS. The number of nitrogens with one attached hydrogen (secondary N) is 1. The number of nitrogens with zero attached hydrogens (tertiary/aromatic N) is 1. The lowest BCUT2D eigenvalue weighted by Crippen LogP contribution is -2.09. The van der Waals surface area contributed by atoms with E-state index in [-0.39, 0.29) is 0 Å². The Morgan fingerprint density at radius 3 is 2.83 bits per heavy atom. The molecule has 0 fully saturated rings. The van der Waals surface area contributed by atoms with E-state index in [1.54, 1.807) is 0 Å². The fraction of sp³-hybridized carbons (Fsp3) is 0.167. The zero-order valence-electron chi connectivity index (χ0n) is 9.74. The summed E-state index contributed by atoms with van der Waals surface area (Å²) in [6.45, 7) is 2.46. The molecule has 0 radical (unpaired) electrons. The number of benzene rings is 1. The van der Waals surface area contributed by atoms with Gasteiger partial charge in [-0.25, -0.2) is 0 Å². The molecule has 3 N–H and O–H groups in total. The Balaban J connectivity index is 2.08. The molecule has 0 unspecified atom stereocenters. The summed E-state index contributed by atoms with van der Waals surface area (Å²) in [4.78, 5) is 0.383. The Morgan fingerprint density at radius 1 is 1.50 bits per heavy atom. The molecule has 0 aliphatic heterocycles. The van der Waals surface area contributed by atoms with Crippen molar-refractivity contribution in [3.05, 3.63) is 45.8 Å². The molecule has 0 amide bonds. The average Bonchev–Trinajstić information content (AvgIpc) is 2.73. The molecule has 0 aliphatic rings. The number of hydrogen-bond acceptors (Lipinski definition) is 4. The first-order chi connectivity index (χ1) is 8.56. The Labute approximate surface area is 119 Å². The molecular weight excluding hydrogens is 314 g/mol. The Bertz CT molecular complexity index is 582. The van der Waals surface area contributed by atoms with Gasteiger partial charge >= 0.3 is 0 Å². The van der Waals surface area contributed by atoms with Crippen molar-refractivity contribution in [2.75, 3.05) is 5.32 Å². The zero-order chi connectivity index (χ0) is 13.1. The minimum absolute atomic E-state index is 0.383. The van der Waals surface area contributed by atoms with Gasteiger partial charge in [0.05, 0.1) is 12.2 Å². The number of anilines is 1. The van der Waals surface area contributed by atoms with Crippen LogP contribution in [0.2, 0.25) is 0 Å². The van der Waals surface area contributed by atoms with Crippen molar-refractivity contribution in [1.82, 2.24) is 5.16 Å². The maximum absolute atomic E-state index is 5.57. The van der Waals surface area contributed by atoms with Crippen LogP contribution in [-0.2, 0) is 6.54 Å². The minimum Gasteiger partial charge on any atom is -0.389 e. The van der Waals surface area contributed by atoms with E-state index in [1.807, 2.05) is 31.2 Å². The topological polar surface area (TPSA) is 64.1 Å². The van der Waals surface area contributed by atoms with Gasteiger partial charge in [0.1, 0.15) is 4.99 Å². The van der Waals surface area contributed by atoms with Gasteiger partial charge in [0.15, 0.2) is 5.76 Å². The van der Waals surface area contributed by atoms with Crippen molar-refractivity contribution >= 4 is 38.8 Å². The minimum atomic E-state index is 0.383. The van der Waals surface area contributed by atoms with E-state index in [0.717, 1.165) is 27.2 Å². The lowest BCUT2D eigenvalue weighted by atomic mass is 10.2. The van der Waals surface area contributed by atoms with Crippen LogP contribution in [0.5, 0.6) is 0 Å². The molecule has 0 atom stereocenters.